The van der Waals surface area contributed by atoms with E-state index in [0.717, 1.165) is 19.4 Å². The summed E-state index contributed by atoms with van der Waals surface area (Å²) >= 11 is 0. The minimum Gasteiger partial charge on any atom is -0.375 e. The molecule has 1 saturated carbocycles. The second-order valence-electron chi connectivity index (χ2n) is 3.66. The van der Waals surface area contributed by atoms with E-state index in [0.29, 0.717) is 6.04 Å². The number of nitrogens with two attached hydrogens (primary N) is 1. The van der Waals surface area contributed by atoms with Crippen molar-refractivity contribution in [3.05, 3.63) is 0 Å². The summed E-state index contributed by atoms with van der Waals surface area (Å²) in [6.07, 6.45) is 6.05. The molecule has 1 saturated heterocycles. The van der Waals surface area contributed by atoms with E-state index in [1.165, 1.54) is 19.3 Å². The van der Waals surface area contributed by atoms with Crippen molar-refractivity contribution in [1.29, 1.82) is 0 Å². The molecule has 0 aromatic heterocycles. The van der Waals surface area contributed by atoms with E-state index in [-0.39, 0.29) is 5.60 Å². The predicted molar refractivity (Wildman–Crippen MR) is 39.7 cm³/mol. The lowest BCUT2D eigenvalue weighted by Gasteiger charge is -2.48. The van der Waals surface area contributed by atoms with Gasteiger partial charge in [-0.15, -0.1) is 0 Å². The quantitative estimate of drug-likeness (QED) is 0.547. The van der Waals surface area contributed by atoms with Crippen LogP contribution in [0, 0.1) is 0 Å². The Hall–Kier alpha value is -0.0800. The molecule has 0 atom stereocenters. The summed E-state index contributed by atoms with van der Waals surface area (Å²) in [5.41, 5.74) is 5.95. The Kier molecular flexibility index (Phi) is 1.46. The maximum absolute atomic E-state index is 5.70. The Balaban J connectivity index is 1.90. The predicted octanol–water partition coefficient (Wildman–Crippen LogP) is 1.05. The van der Waals surface area contributed by atoms with Crippen LogP contribution < -0.4 is 5.73 Å². The maximum atomic E-state index is 5.70. The van der Waals surface area contributed by atoms with Crippen LogP contribution in [0.3, 0.4) is 0 Å². The van der Waals surface area contributed by atoms with Crippen molar-refractivity contribution in [2.45, 2.75) is 43.7 Å². The van der Waals surface area contributed by atoms with Crippen molar-refractivity contribution in [2.24, 2.45) is 5.73 Å². The summed E-state index contributed by atoms with van der Waals surface area (Å²) in [5, 5.41) is 0. The molecule has 1 aliphatic heterocycles. The van der Waals surface area contributed by atoms with E-state index in [1.807, 2.05) is 0 Å². The Morgan fingerprint density at radius 2 is 2.10 bits per heavy atom. The molecule has 2 N–H and O–H groups in total. The minimum absolute atomic E-state index is 0.248. The molecular formula is C8H15NO. The van der Waals surface area contributed by atoms with Crippen LogP contribution in [0.2, 0.25) is 0 Å². The van der Waals surface area contributed by atoms with Gasteiger partial charge in [0.2, 0.25) is 0 Å². The van der Waals surface area contributed by atoms with Gasteiger partial charge in [-0.05, 0) is 32.1 Å². The lowest BCUT2D eigenvalue weighted by atomic mass is 9.72. The van der Waals surface area contributed by atoms with Gasteiger partial charge in [0.1, 0.15) is 0 Å². The molecule has 2 nitrogen and oxygen atoms in total. The van der Waals surface area contributed by atoms with Crippen molar-refractivity contribution < 1.29 is 4.74 Å². The standard InChI is InChI=1S/C8H15NO/c9-7-5-8(6-7)3-1-2-4-10-8/h7H,1-6,9H2. The molecule has 0 bridgehead atoms. The second kappa shape index (κ2) is 2.21. The number of hydrogen-bond acceptors (Lipinski definition) is 2. The zero-order valence-electron chi connectivity index (χ0n) is 6.31. The molecule has 0 unspecified atom stereocenters. The molecule has 1 heterocycles. The summed E-state index contributed by atoms with van der Waals surface area (Å²) in [7, 11) is 0. The van der Waals surface area contributed by atoms with Crippen LogP contribution in [-0.2, 0) is 4.74 Å². The van der Waals surface area contributed by atoms with Crippen LogP contribution in [0.1, 0.15) is 32.1 Å². The summed E-state index contributed by atoms with van der Waals surface area (Å²) in [6, 6.07) is 0.429. The van der Waals surface area contributed by atoms with E-state index in [1.54, 1.807) is 0 Å². The summed E-state index contributed by atoms with van der Waals surface area (Å²) < 4.78 is 5.69. The molecule has 1 aliphatic carbocycles. The zero-order valence-corrected chi connectivity index (χ0v) is 6.31. The van der Waals surface area contributed by atoms with Crippen LogP contribution in [0.25, 0.3) is 0 Å². The van der Waals surface area contributed by atoms with Gasteiger partial charge in [-0.2, -0.15) is 0 Å². The highest BCUT2D eigenvalue weighted by atomic mass is 16.5. The Labute approximate surface area is 61.7 Å². The fraction of sp³-hybridized carbons (Fsp3) is 1.00. The van der Waals surface area contributed by atoms with Crippen LogP contribution >= 0.6 is 0 Å². The van der Waals surface area contributed by atoms with Crippen LogP contribution in [0.5, 0.6) is 0 Å². The first-order chi connectivity index (χ1) is 4.81. The average molecular weight is 141 g/mol. The number of ether oxygens (including phenoxy) is 1. The summed E-state index contributed by atoms with van der Waals surface area (Å²) in [4.78, 5) is 0. The fourth-order valence-electron chi connectivity index (χ4n) is 2.13. The van der Waals surface area contributed by atoms with E-state index in [9.17, 15) is 0 Å². The third-order valence-electron chi connectivity index (χ3n) is 2.70. The number of hydrogen-bond donors (Lipinski definition) is 1. The monoisotopic (exact) mass is 141 g/mol. The molecule has 2 aliphatic rings. The lowest BCUT2D eigenvalue weighted by Crippen LogP contribution is -2.54. The fourth-order valence-corrected chi connectivity index (χ4v) is 2.13. The Morgan fingerprint density at radius 3 is 2.60 bits per heavy atom. The summed E-state index contributed by atoms with van der Waals surface area (Å²) in [6.45, 7) is 0.965. The van der Waals surface area contributed by atoms with Crippen LogP contribution in [-0.4, -0.2) is 18.2 Å². The SMILES string of the molecule is NC1CC2(CCCCO2)C1. The van der Waals surface area contributed by atoms with E-state index in [2.05, 4.69) is 0 Å². The molecule has 2 rings (SSSR count). The van der Waals surface area contributed by atoms with E-state index in [4.69, 9.17) is 10.5 Å². The van der Waals surface area contributed by atoms with Crippen molar-refractivity contribution in [3.8, 4) is 0 Å². The first-order valence-electron chi connectivity index (χ1n) is 4.20. The van der Waals surface area contributed by atoms with Gasteiger partial charge in [-0.1, -0.05) is 0 Å². The topological polar surface area (TPSA) is 35.2 Å². The Bertz CT molecular complexity index is 114. The highest BCUT2D eigenvalue weighted by Gasteiger charge is 2.44. The molecule has 2 heteroatoms. The number of rotatable bonds is 0. The third kappa shape index (κ3) is 0.956. The van der Waals surface area contributed by atoms with Gasteiger partial charge in [-0.25, -0.2) is 0 Å². The van der Waals surface area contributed by atoms with Gasteiger partial charge in [0.05, 0.1) is 5.60 Å². The van der Waals surface area contributed by atoms with Crippen molar-refractivity contribution in [3.63, 3.8) is 0 Å². The highest BCUT2D eigenvalue weighted by Crippen LogP contribution is 2.41. The molecule has 0 radical (unpaired) electrons. The Morgan fingerprint density at radius 1 is 1.30 bits per heavy atom. The molecule has 1 spiro atoms. The van der Waals surface area contributed by atoms with Gasteiger partial charge >= 0.3 is 0 Å². The molecule has 0 aromatic carbocycles. The molecular weight excluding hydrogens is 126 g/mol. The largest absolute Gasteiger partial charge is 0.375 e. The van der Waals surface area contributed by atoms with Crippen LogP contribution in [0.4, 0.5) is 0 Å². The molecule has 2 fully saturated rings. The van der Waals surface area contributed by atoms with Crippen molar-refractivity contribution >= 4 is 0 Å². The molecule has 10 heavy (non-hydrogen) atoms. The smallest absolute Gasteiger partial charge is 0.0712 e. The average Bonchev–Trinajstić information content (AvgIpc) is 1.87. The molecule has 58 valence electrons. The van der Waals surface area contributed by atoms with Crippen LogP contribution in [0.15, 0.2) is 0 Å². The minimum atomic E-state index is 0.248. The summed E-state index contributed by atoms with van der Waals surface area (Å²) in [5.74, 6) is 0. The first kappa shape index (κ1) is 6.62. The molecule has 0 aromatic rings. The van der Waals surface area contributed by atoms with Crippen molar-refractivity contribution in [2.75, 3.05) is 6.61 Å². The van der Waals surface area contributed by atoms with Gasteiger partial charge in [0.25, 0.3) is 0 Å². The van der Waals surface area contributed by atoms with Gasteiger partial charge in [-0.3, -0.25) is 0 Å². The normalized spacial score (nSPS) is 47.1. The second-order valence-corrected chi connectivity index (χ2v) is 3.66. The van der Waals surface area contributed by atoms with Crippen molar-refractivity contribution in [1.82, 2.24) is 0 Å². The third-order valence-corrected chi connectivity index (χ3v) is 2.70. The zero-order chi connectivity index (χ0) is 7.03. The van der Waals surface area contributed by atoms with Gasteiger partial charge in [0.15, 0.2) is 0 Å². The first-order valence-corrected chi connectivity index (χ1v) is 4.20. The lowest BCUT2D eigenvalue weighted by molar-refractivity contribution is -0.135. The van der Waals surface area contributed by atoms with Gasteiger partial charge < -0.3 is 10.5 Å². The van der Waals surface area contributed by atoms with Gasteiger partial charge in [0, 0.05) is 12.6 Å². The molecule has 0 amide bonds. The maximum Gasteiger partial charge on any atom is 0.0712 e. The highest BCUT2D eigenvalue weighted by molar-refractivity contribution is 4.99. The van der Waals surface area contributed by atoms with E-state index >= 15 is 0 Å². The van der Waals surface area contributed by atoms with E-state index < -0.39 is 0 Å².